The van der Waals surface area contributed by atoms with E-state index in [1.165, 1.54) is 36.0 Å². The maximum Gasteiger partial charge on any atom is 0.261 e. The first-order valence-electron chi connectivity index (χ1n) is 11.9. The Morgan fingerprint density at radius 1 is 1.14 bits per heavy atom. The van der Waals surface area contributed by atoms with Crippen LogP contribution in [0.3, 0.4) is 0 Å². The molecule has 0 unspecified atom stereocenters. The van der Waals surface area contributed by atoms with Gasteiger partial charge >= 0.3 is 0 Å². The van der Waals surface area contributed by atoms with Gasteiger partial charge in [0.25, 0.3) is 5.91 Å². The Labute approximate surface area is 217 Å². The molecule has 11 nitrogen and oxygen atoms in total. The summed E-state index contributed by atoms with van der Waals surface area (Å²) in [6.07, 6.45) is 8.64. The molecule has 2 amide bonds. The number of rotatable bonds is 8. The van der Waals surface area contributed by atoms with Crippen LogP contribution in [0.25, 0.3) is 21.8 Å². The van der Waals surface area contributed by atoms with E-state index in [1.54, 1.807) is 37.6 Å². The third-order valence-corrected chi connectivity index (χ3v) is 7.26. The normalized spacial score (nSPS) is 13.5. The lowest BCUT2D eigenvalue weighted by molar-refractivity contribution is -0.117. The second-order valence-corrected chi connectivity index (χ2v) is 9.80. The van der Waals surface area contributed by atoms with Crippen LogP contribution in [-0.2, 0) is 11.8 Å². The molecule has 2 N–H and O–H groups in total. The fourth-order valence-electron chi connectivity index (χ4n) is 4.39. The van der Waals surface area contributed by atoms with Crippen molar-refractivity contribution in [2.24, 2.45) is 13.0 Å². The van der Waals surface area contributed by atoms with Crippen molar-refractivity contribution in [1.29, 1.82) is 0 Å². The van der Waals surface area contributed by atoms with Crippen LogP contribution in [0.1, 0.15) is 42.5 Å². The van der Waals surface area contributed by atoms with Gasteiger partial charge in [-0.25, -0.2) is 9.67 Å². The minimum atomic E-state index is -0.401. The van der Waals surface area contributed by atoms with Gasteiger partial charge in [0, 0.05) is 24.4 Å². The van der Waals surface area contributed by atoms with E-state index in [4.69, 9.17) is 9.72 Å². The molecule has 0 radical (unpaired) electrons. The molecule has 3 aromatic heterocycles. The lowest BCUT2D eigenvalue weighted by Crippen LogP contribution is -2.16. The molecule has 3 heterocycles. The highest BCUT2D eigenvalue weighted by Crippen LogP contribution is 2.32. The van der Waals surface area contributed by atoms with Crippen LogP contribution in [0.15, 0.2) is 42.0 Å². The van der Waals surface area contributed by atoms with Crippen molar-refractivity contribution in [2.75, 3.05) is 17.7 Å². The van der Waals surface area contributed by atoms with E-state index in [-0.39, 0.29) is 11.9 Å². The Morgan fingerprint density at radius 3 is 2.70 bits per heavy atom. The molecule has 0 spiro atoms. The summed E-state index contributed by atoms with van der Waals surface area (Å²) in [5.41, 5.74) is 3.15. The minimum absolute atomic E-state index is 0.0581. The molecule has 37 heavy (non-hydrogen) atoms. The summed E-state index contributed by atoms with van der Waals surface area (Å²) in [4.78, 5) is 35.2. The smallest absolute Gasteiger partial charge is 0.261 e. The van der Waals surface area contributed by atoms with Gasteiger partial charge in [0.1, 0.15) is 5.75 Å². The summed E-state index contributed by atoms with van der Waals surface area (Å²) >= 11 is 1.50. The fourth-order valence-corrected chi connectivity index (χ4v) is 5.19. The molecule has 1 aromatic carbocycles. The number of amides is 2. The van der Waals surface area contributed by atoms with Crippen LogP contribution in [0.2, 0.25) is 0 Å². The topological polar surface area (TPSA) is 137 Å². The molecule has 190 valence electrons. The van der Waals surface area contributed by atoms with Gasteiger partial charge in [0.2, 0.25) is 11.9 Å². The van der Waals surface area contributed by atoms with Gasteiger partial charge in [0.15, 0.2) is 0 Å². The summed E-state index contributed by atoms with van der Waals surface area (Å²) in [6, 6.07) is 7.09. The number of nitrogens with one attached hydrogen (secondary N) is 2. The molecule has 1 aliphatic rings. The van der Waals surface area contributed by atoms with Crippen molar-refractivity contribution in [3.63, 3.8) is 0 Å². The molecule has 0 aliphatic heterocycles. The predicted octanol–water partition coefficient (Wildman–Crippen LogP) is 4.18. The van der Waals surface area contributed by atoms with Crippen LogP contribution in [0.4, 0.5) is 11.6 Å². The Kier molecular flexibility index (Phi) is 7.17. The zero-order chi connectivity index (χ0) is 25.8. The van der Waals surface area contributed by atoms with Gasteiger partial charge in [0.05, 0.1) is 47.0 Å². The SMILES string of the molecule is COc1cc(-c2cncc(-c3cc(NC(=O)CC4CCCC4)cs3)n2)ccc1C(=O)Nc1nnnn1C. The van der Waals surface area contributed by atoms with Crippen molar-refractivity contribution in [1.82, 2.24) is 30.2 Å². The first-order chi connectivity index (χ1) is 18.0. The Morgan fingerprint density at radius 2 is 1.95 bits per heavy atom. The molecule has 1 aliphatic carbocycles. The lowest BCUT2D eigenvalue weighted by atomic mass is 10.0. The van der Waals surface area contributed by atoms with Crippen molar-refractivity contribution >= 4 is 34.8 Å². The Balaban J connectivity index is 1.31. The number of benzene rings is 1. The monoisotopic (exact) mass is 518 g/mol. The zero-order valence-corrected chi connectivity index (χ0v) is 21.3. The van der Waals surface area contributed by atoms with Gasteiger partial charge in [-0.15, -0.1) is 11.3 Å². The van der Waals surface area contributed by atoms with Crippen LogP contribution < -0.4 is 15.4 Å². The van der Waals surface area contributed by atoms with Crippen LogP contribution in [0, 0.1) is 5.92 Å². The summed E-state index contributed by atoms with van der Waals surface area (Å²) < 4.78 is 6.83. The molecule has 4 aromatic rings. The fraction of sp³-hybridized carbons (Fsp3) is 0.320. The first-order valence-corrected chi connectivity index (χ1v) is 12.8. The molecule has 12 heteroatoms. The lowest BCUT2D eigenvalue weighted by Gasteiger charge is -2.11. The molecule has 0 atom stereocenters. The number of ether oxygens (including phenoxy) is 1. The highest BCUT2D eigenvalue weighted by atomic mass is 32.1. The molecule has 1 fully saturated rings. The number of methoxy groups -OCH3 is 1. The zero-order valence-electron chi connectivity index (χ0n) is 20.5. The van der Waals surface area contributed by atoms with Crippen molar-refractivity contribution in [3.8, 4) is 27.6 Å². The number of carbonyl (C=O) groups is 2. The van der Waals surface area contributed by atoms with E-state index in [9.17, 15) is 9.59 Å². The van der Waals surface area contributed by atoms with E-state index in [2.05, 4.69) is 31.1 Å². The number of anilines is 2. The van der Waals surface area contributed by atoms with E-state index in [1.807, 2.05) is 11.4 Å². The number of aromatic nitrogens is 6. The van der Waals surface area contributed by atoms with Crippen molar-refractivity contribution in [3.05, 3.63) is 47.6 Å². The molecule has 0 bridgehead atoms. The largest absolute Gasteiger partial charge is 0.496 e. The minimum Gasteiger partial charge on any atom is -0.496 e. The highest BCUT2D eigenvalue weighted by molar-refractivity contribution is 7.14. The molecule has 0 saturated heterocycles. The van der Waals surface area contributed by atoms with Gasteiger partial charge in [-0.2, -0.15) is 0 Å². The van der Waals surface area contributed by atoms with E-state index in [0.29, 0.717) is 35.0 Å². The van der Waals surface area contributed by atoms with Crippen LogP contribution in [-0.4, -0.2) is 49.1 Å². The summed E-state index contributed by atoms with van der Waals surface area (Å²) in [5.74, 6) is 0.754. The number of hydrogen-bond donors (Lipinski definition) is 2. The van der Waals surface area contributed by atoms with E-state index >= 15 is 0 Å². The Hall–Kier alpha value is -4.19. The van der Waals surface area contributed by atoms with Gasteiger partial charge in [-0.1, -0.05) is 24.0 Å². The van der Waals surface area contributed by atoms with E-state index < -0.39 is 5.91 Å². The second kappa shape index (κ2) is 10.8. The maximum absolute atomic E-state index is 12.7. The third-order valence-electron chi connectivity index (χ3n) is 6.31. The average molecular weight is 519 g/mol. The second-order valence-electron chi connectivity index (χ2n) is 8.89. The van der Waals surface area contributed by atoms with Gasteiger partial charge in [-0.3, -0.25) is 19.9 Å². The molecule has 1 saturated carbocycles. The summed E-state index contributed by atoms with van der Waals surface area (Å²) in [6.45, 7) is 0. The van der Waals surface area contributed by atoms with Gasteiger partial charge < -0.3 is 10.1 Å². The summed E-state index contributed by atoms with van der Waals surface area (Å²) in [7, 11) is 3.12. The molecular formula is C25H26N8O3S. The number of tetrazole rings is 1. The van der Waals surface area contributed by atoms with E-state index in [0.717, 1.165) is 29.0 Å². The van der Waals surface area contributed by atoms with Crippen molar-refractivity contribution < 1.29 is 14.3 Å². The third kappa shape index (κ3) is 5.64. The standard InChI is InChI=1S/C25H26N8O3S/c1-33-25(30-31-32-33)29-24(35)18-8-7-16(10-21(18)36-2)19-12-26-13-20(28-19)22-11-17(14-37-22)27-23(34)9-15-5-3-4-6-15/h7-8,10-15H,3-6,9H2,1-2H3,(H,27,34)(H,29,30,32,35). The quantitative estimate of drug-likeness (QED) is 0.355. The number of carbonyl (C=O) groups excluding carboxylic acids is 2. The van der Waals surface area contributed by atoms with Crippen molar-refractivity contribution in [2.45, 2.75) is 32.1 Å². The number of hydrogen-bond acceptors (Lipinski definition) is 9. The van der Waals surface area contributed by atoms with Crippen LogP contribution in [0.5, 0.6) is 5.75 Å². The number of thiophene rings is 1. The summed E-state index contributed by atoms with van der Waals surface area (Å²) in [5, 5.41) is 18.6. The van der Waals surface area contributed by atoms with Crippen LogP contribution >= 0.6 is 11.3 Å². The number of nitrogens with zero attached hydrogens (tertiary/aromatic N) is 6. The number of aryl methyl sites for hydroxylation is 1. The predicted molar refractivity (Wildman–Crippen MR) is 139 cm³/mol. The Bertz CT molecular complexity index is 1430. The first kappa shape index (κ1) is 24.5. The van der Waals surface area contributed by atoms with Gasteiger partial charge in [-0.05, 0) is 47.4 Å². The highest BCUT2D eigenvalue weighted by Gasteiger charge is 2.19. The average Bonchev–Trinajstić information content (AvgIpc) is 3.67. The maximum atomic E-state index is 12.7. The molecular weight excluding hydrogens is 492 g/mol. The molecule has 5 rings (SSSR count).